The largest absolute Gasteiger partial charge is 0.492 e. The van der Waals surface area contributed by atoms with Crippen LogP contribution in [0.5, 0.6) is 11.5 Å². The van der Waals surface area contributed by atoms with Gasteiger partial charge in [0.25, 0.3) is 0 Å². The molecule has 0 saturated carbocycles. The lowest BCUT2D eigenvalue weighted by Gasteiger charge is -2.21. The van der Waals surface area contributed by atoms with Gasteiger partial charge in [-0.3, -0.25) is 0 Å². The van der Waals surface area contributed by atoms with Crippen molar-refractivity contribution in [3.8, 4) is 11.5 Å². The summed E-state index contributed by atoms with van der Waals surface area (Å²) in [6.45, 7) is 3.22. The highest BCUT2D eigenvalue weighted by Gasteiger charge is 2.17. The molecule has 0 spiro atoms. The van der Waals surface area contributed by atoms with Crippen molar-refractivity contribution in [1.29, 1.82) is 0 Å². The van der Waals surface area contributed by atoms with Gasteiger partial charge in [0.1, 0.15) is 18.1 Å². The summed E-state index contributed by atoms with van der Waals surface area (Å²) in [6, 6.07) is 15.7. The molecule has 2 aromatic rings. The Balaban J connectivity index is 1.74. The van der Waals surface area contributed by atoms with Crippen molar-refractivity contribution in [2.24, 2.45) is 0 Å². The van der Waals surface area contributed by atoms with Gasteiger partial charge >= 0.3 is 5.97 Å². The van der Waals surface area contributed by atoms with E-state index in [9.17, 15) is 4.79 Å². The number of carbonyl (C=O) groups excluding carboxylic acids is 1. The molecule has 3 rings (SSSR count). The van der Waals surface area contributed by atoms with Crippen LogP contribution in [0.2, 0.25) is 0 Å². The summed E-state index contributed by atoms with van der Waals surface area (Å²) in [5.74, 6) is 1.17. The number of fused-ring (bicyclic) bond motifs is 1. The summed E-state index contributed by atoms with van der Waals surface area (Å²) in [4.78, 5) is 11.7. The SMILES string of the molecule is CCOC(=O)/C=C1\CCOc2cc(OCc3ccccc3)ccc21. The van der Waals surface area contributed by atoms with E-state index in [1.165, 1.54) is 0 Å². The Morgan fingerprint density at radius 3 is 2.83 bits per heavy atom. The Labute approximate surface area is 141 Å². The molecule has 0 N–H and O–H groups in total. The van der Waals surface area contributed by atoms with Gasteiger partial charge in [-0.25, -0.2) is 4.79 Å². The van der Waals surface area contributed by atoms with Crippen molar-refractivity contribution in [1.82, 2.24) is 0 Å². The topological polar surface area (TPSA) is 44.8 Å². The highest BCUT2D eigenvalue weighted by atomic mass is 16.5. The Hall–Kier alpha value is -2.75. The molecule has 0 aromatic heterocycles. The predicted octanol–water partition coefficient (Wildman–Crippen LogP) is 3.99. The average Bonchev–Trinajstić information content (AvgIpc) is 2.61. The van der Waals surface area contributed by atoms with Gasteiger partial charge in [0.2, 0.25) is 0 Å². The first-order valence-corrected chi connectivity index (χ1v) is 8.07. The number of rotatable bonds is 5. The van der Waals surface area contributed by atoms with Crippen molar-refractivity contribution in [2.75, 3.05) is 13.2 Å². The fourth-order valence-corrected chi connectivity index (χ4v) is 2.60. The minimum Gasteiger partial charge on any atom is -0.492 e. The lowest BCUT2D eigenvalue weighted by atomic mass is 9.99. The molecule has 0 unspecified atom stereocenters. The fraction of sp³-hybridized carbons (Fsp3) is 0.250. The van der Waals surface area contributed by atoms with Crippen LogP contribution >= 0.6 is 0 Å². The van der Waals surface area contributed by atoms with Gasteiger partial charge in [-0.05, 0) is 30.2 Å². The summed E-state index contributed by atoms with van der Waals surface area (Å²) in [5, 5.41) is 0. The van der Waals surface area contributed by atoms with Crippen molar-refractivity contribution in [3.63, 3.8) is 0 Å². The van der Waals surface area contributed by atoms with Crippen LogP contribution < -0.4 is 9.47 Å². The Kier molecular flexibility index (Phi) is 5.16. The van der Waals surface area contributed by atoms with Gasteiger partial charge in [-0.2, -0.15) is 0 Å². The third-order valence-corrected chi connectivity index (χ3v) is 3.75. The molecule has 1 heterocycles. The quantitative estimate of drug-likeness (QED) is 0.616. The maximum absolute atomic E-state index is 11.7. The summed E-state index contributed by atoms with van der Waals surface area (Å²) < 4.78 is 16.5. The van der Waals surface area contributed by atoms with Crippen LogP contribution in [0.4, 0.5) is 0 Å². The van der Waals surface area contributed by atoms with E-state index >= 15 is 0 Å². The van der Waals surface area contributed by atoms with Crippen molar-refractivity contribution in [2.45, 2.75) is 20.0 Å². The van der Waals surface area contributed by atoms with E-state index in [2.05, 4.69) is 0 Å². The number of carbonyl (C=O) groups is 1. The number of hydrogen-bond donors (Lipinski definition) is 0. The summed E-state index contributed by atoms with van der Waals surface area (Å²) in [7, 11) is 0. The number of hydrogen-bond acceptors (Lipinski definition) is 4. The fourth-order valence-electron chi connectivity index (χ4n) is 2.60. The molecule has 24 heavy (non-hydrogen) atoms. The molecule has 0 bridgehead atoms. The Morgan fingerprint density at radius 2 is 2.04 bits per heavy atom. The van der Waals surface area contributed by atoms with Crippen molar-refractivity contribution < 1.29 is 19.0 Å². The molecule has 2 aromatic carbocycles. The molecule has 4 nitrogen and oxygen atoms in total. The smallest absolute Gasteiger partial charge is 0.331 e. The van der Waals surface area contributed by atoms with E-state index in [0.717, 1.165) is 28.2 Å². The number of esters is 1. The third-order valence-electron chi connectivity index (χ3n) is 3.75. The molecular formula is C20H20O4. The lowest BCUT2D eigenvalue weighted by Crippen LogP contribution is -2.10. The minimum absolute atomic E-state index is 0.315. The second-order valence-electron chi connectivity index (χ2n) is 5.45. The first-order valence-electron chi connectivity index (χ1n) is 8.07. The van der Waals surface area contributed by atoms with E-state index in [0.29, 0.717) is 26.2 Å². The highest BCUT2D eigenvalue weighted by molar-refractivity contribution is 5.92. The van der Waals surface area contributed by atoms with Gasteiger partial charge in [0.05, 0.1) is 13.2 Å². The summed E-state index contributed by atoms with van der Waals surface area (Å²) in [5.41, 5.74) is 2.96. The Morgan fingerprint density at radius 1 is 1.21 bits per heavy atom. The van der Waals surface area contributed by atoms with E-state index in [-0.39, 0.29) is 5.97 Å². The van der Waals surface area contributed by atoms with Crippen LogP contribution in [0.3, 0.4) is 0 Å². The third kappa shape index (κ3) is 3.96. The van der Waals surface area contributed by atoms with Crippen LogP contribution in [0, 0.1) is 0 Å². The van der Waals surface area contributed by atoms with Crippen LogP contribution in [0.25, 0.3) is 5.57 Å². The van der Waals surface area contributed by atoms with E-state index in [1.807, 2.05) is 48.5 Å². The average molecular weight is 324 g/mol. The molecule has 1 aliphatic rings. The summed E-state index contributed by atoms with van der Waals surface area (Å²) >= 11 is 0. The van der Waals surface area contributed by atoms with Crippen LogP contribution in [-0.4, -0.2) is 19.2 Å². The van der Waals surface area contributed by atoms with E-state index in [4.69, 9.17) is 14.2 Å². The Bertz CT molecular complexity index is 735. The first kappa shape index (κ1) is 16.1. The number of benzene rings is 2. The maximum Gasteiger partial charge on any atom is 0.331 e. The standard InChI is InChI=1S/C20H20O4/c1-2-22-20(21)12-16-10-11-23-19-13-17(8-9-18(16)19)24-14-15-6-4-3-5-7-15/h3-9,12-13H,2,10-11,14H2,1H3/b16-12+. The van der Waals surface area contributed by atoms with Gasteiger partial charge < -0.3 is 14.2 Å². The zero-order valence-corrected chi connectivity index (χ0v) is 13.7. The summed E-state index contributed by atoms with van der Waals surface area (Å²) in [6.07, 6.45) is 2.24. The molecule has 4 heteroatoms. The van der Waals surface area contributed by atoms with Gasteiger partial charge in [-0.1, -0.05) is 30.3 Å². The molecule has 0 radical (unpaired) electrons. The van der Waals surface area contributed by atoms with Crippen LogP contribution in [0.15, 0.2) is 54.6 Å². The molecule has 1 aliphatic heterocycles. The highest BCUT2D eigenvalue weighted by Crippen LogP contribution is 2.35. The monoisotopic (exact) mass is 324 g/mol. The minimum atomic E-state index is -0.315. The van der Waals surface area contributed by atoms with Crippen LogP contribution in [-0.2, 0) is 16.1 Å². The normalized spacial score (nSPS) is 14.6. The number of ether oxygens (including phenoxy) is 3. The molecule has 0 fully saturated rings. The predicted molar refractivity (Wildman–Crippen MR) is 91.9 cm³/mol. The molecular weight excluding hydrogens is 304 g/mol. The van der Waals surface area contributed by atoms with Gasteiger partial charge in [0, 0.05) is 24.1 Å². The first-order chi connectivity index (χ1) is 11.8. The molecule has 0 saturated heterocycles. The van der Waals surface area contributed by atoms with Crippen molar-refractivity contribution >= 4 is 11.5 Å². The molecule has 0 aliphatic carbocycles. The van der Waals surface area contributed by atoms with Gasteiger partial charge in [-0.15, -0.1) is 0 Å². The lowest BCUT2D eigenvalue weighted by molar-refractivity contribution is -0.137. The zero-order chi connectivity index (χ0) is 16.8. The second kappa shape index (κ2) is 7.68. The molecule has 124 valence electrons. The van der Waals surface area contributed by atoms with Crippen molar-refractivity contribution in [3.05, 3.63) is 65.7 Å². The maximum atomic E-state index is 11.7. The van der Waals surface area contributed by atoms with E-state index < -0.39 is 0 Å². The molecule has 0 atom stereocenters. The van der Waals surface area contributed by atoms with Crippen LogP contribution in [0.1, 0.15) is 24.5 Å². The molecule has 0 amide bonds. The second-order valence-corrected chi connectivity index (χ2v) is 5.45. The zero-order valence-electron chi connectivity index (χ0n) is 13.7. The van der Waals surface area contributed by atoms with E-state index in [1.54, 1.807) is 13.0 Å². The van der Waals surface area contributed by atoms with Gasteiger partial charge in [0.15, 0.2) is 0 Å².